The fourth-order valence-corrected chi connectivity index (χ4v) is 4.68. The number of H-pyrrole nitrogens is 1. The van der Waals surface area contributed by atoms with Crippen molar-refractivity contribution in [3.8, 4) is 16.9 Å². The van der Waals surface area contributed by atoms with Gasteiger partial charge < -0.3 is 14.6 Å². The Balaban J connectivity index is 1.86. The van der Waals surface area contributed by atoms with Gasteiger partial charge in [0.05, 0.1) is 12.5 Å². The van der Waals surface area contributed by atoms with Crippen LogP contribution in [0.3, 0.4) is 0 Å². The molecular weight excluding hydrogens is 366 g/mol. The molecule has 0 atom stereocenters. The molecule has 0 fully saturated rings. The number of thioether (sulfide) groups is 1. The lowest BCUT2D eigenvalue weighted by Gasteiger charge is -2.16. The molecule has 0 amide bonds. The molecule has 0 aliphatic carbocycles. The normalized spacial score (nSPS) is 11.4. The Morgan fingerprint density at radius 1 is 1.31 bits per heavy atom. The molecule has 0 saturated carbocycles. The van der Waals surface area contributed by atoms with Crippen LogP contribution in [-0.4, -0.2) is 47.4 Å². The first-order valence-electron chi connectivity index (χ1n) is 8.67. The minimum atomic E-state index is -0.0839. The van der Waals surface area contributed by atoms with E-state index in [1.807, 2.05) is 29.6 Å². The SMILES string of the molecule is CCN(CC)CCSc1nc2scc(-c3cccc(OC)c3)c2c(=O)[nH]1. The number of hydrogen-bond donors (Lipinski definition) is 1. The monoisotopic (exact) mass is 389 g/mol. The molecule has 1 aromatic carbocycles. The quantitative estimate of drug-likeness (QED) is 0.464. The standard InChI is InChI=1S/C19H23N3O2S2/c1-4-22(5-2)9-10-25-19-20-17(23)16-15(12-26-18(16)21-19)13-7-6-8-14(11-13)24-3/h6-8,11-12H,4-5,9-10H2,1-3H3,(H,20,21,23). The number of nitrogens with zero attached hydrogens (tertiary/aromatic N) is 2. The fourth-order valence-electron chi connectivity index (χ4n) is 2.81. The molecule has 2 aromatic heterocycles. The molecule has 0 spiro atoms. The number of rotatable bonds is 8. The molecule has 0 radical (unpaired) electrons. The van der Waals surface area contributed by atoms with Gasteiger partial charge in [0.2, 0.25) is 0 Å². The highest BCUT2D eigenvalue weighted by molar-refractivity contribution is 7.99. The number of aromatic nitrogens is 2. The molecule has 3 aromatic rings. The first-order chi connectivity index (χ1) is 12.7. The van der Waals surface area contributed by atoms with Gasteiger partial charge in [-0.25, -0.2) is 4.98 Å². The van der Waals surface area contributed by atoms with Crippen LogP contribution in [0.4, 0.5) is 0 Å². The molecule has 0 saturated heterocycles. The fraction of sp³-hybridized carbons (Fsp3) is 0.368. The smallest absolute Gasteiger partial charge is 0.260 e. The number of aromatic amines is 1. The van der Waals surface area contributed by atoms with Crippen molar-refractivity contribution in [1.29, 1.82) is 0 Å². The predicted octanol–water partition coefficient (Wildman–Crippen LogP) is 4.09. The van der Waals surface area contributed by atoms with Gasteiger partial charge in [-0.3, -0.25) is 4.79 Å². The molecule has 0 aliphatic heterocycles. The Labute approximate surface area is 161 Å². The van der Waals surface area contributed by atoms with E-state index in [1.54, 1.807) is 18.9 Å². The van der Waals surface area contributed by atoms with Crippen molar-refractivity contribution in [2.24, 2.45) is 0 Å². The maximum atomic E-state index is 12.7. The molecular formula is C19H23N3O2S2. The van der Waals surface area contributed by atoms with Crippen LogP contribution in [0.25, 0.3) is 21.3 Å². The van der Waals surface area contributed by atoms with Crippen molar-refractivity contribution in [2.75, 3.05) is 32.5 Å². The van der Waals surface area contributed by atoms with Crippen LogP contribution in [0.5, 0.6) is 5.75 Å². The van der Waals surface area contributed by atoms with Crippen molar-refractivity contribution in [2.45, 2.75) is 19.0 Å². The number of hydrogen-bond acceptors (Lipinski definition) is 6. The number of ether oxygens (including phenoxy) is 1. The third-order valence-corrected chi connectivity index (χ3v) is 6.07. The summed E-state index contributed by atoms with van der Waals surface area (Å²) in [4.78, 5) is 23.4. The average Bonchev–Trinajstić information content (AvgIpc) is 3.10. The van der Waals surface area contributed by atoms with Gasteiger partial charge >= 0.3 is 0 Å². The first kappa shape index (κ1) is 18.9. The molecule has 7 heteroatoms. The van der Waals surface area contributed by atoms with E-state index in [4.69, 9.17) is 4.74 Å². The summed E-state index contributed by atoms with van der Waals surface area (Å²) in [6.45, 7) is 7.38. The van der Waals surface area contributed by atoms with E-state index in [0.29, 0.717) is 10.5 Å². The van der Waals surface area contributed by atoms with E-state index in [2.05, 4.69) is 28.7 Å². The second-order valence-electron chi connectivity index (χ2n) is 5.81. The summed E-state index contributed by atoms with van der Waals surface area (Å²) in [6.07, 6.45) is 0. The first-order valence-corrected chi connectivity index (χ1v) is 10.5. The highest BCUT2D eigenvalue weighted by atomic mass is 32.2. The molecule has 0 unspecified atom stereocenters. The minimum absolute atomic E-state index is 0.0839. The van der Waals surface area contributed by atoms with Crippen molar-refractivity contribution in [1.82, 2.24) is 14.9 Å². The summed E-state index contributed by atoms with van der Waals surface area (Å²) in [6, 6.07) is 7.74. The number of nitrogens with one attached hydrogen (secondary N) is 1. The summed E-state index contributed by atoms with van der Waals surface area (Å²) in [5.74, 6) is 1.68. The van der Waals surface area contributed by atoms with Crippen LogP contribution in [0.15, 0.2) is 39.6 Å². The Kier molecular flexibility index (Phi) is 6.34. The van der Waals surface area contributed by atoms with Crippen LogP contribution >= 0.6 is 23.1 Å². The Morgan fingerprint density at radius 3 is 2.85 bits per heavy atom. The zero-order chi connectivity index (χ0) is 18.5. The molecule has 2 heterocycles. The highest BCUT2D eigenvalue weighted by Crippen LogP contribution is 2.33. The van der Waals surface area contributed by atoms with Crippen LogP contribution < -0.4 is 10.3 Å². The lowest BCUT2D eigenvalue weighted by molar-refractivity contribution is 0.324. The van der Waals surface area contributed by atoms with Crippen molar-refractivity contribution >= 4 is 33.3 Å². The average molecular weight is 390 g/mol. The van der Waals surface area contributed by atoms with E-state index in [-0.39, 0.29) is 5.56 Å². The molecule has 0 aliphatic rings. The van der Waals surface area contributed by atoms with Crippen LogP contribution in [-0.2, 0) is 0 Å². The Morgan fingerprint density at radius 2 is 2.12 bits per heavy atom. The zero-order valence-corrected chi connectivity index (χ0v) is 16.9. The van der Waals surface area contributed by atoms with Crippen LogP contribution in [0, 0.1) is 0 Å². The topological polar surface area (TPSA) is 58.2 Å². The van der Waals surface area contributed by atoms with Crippen molar-refractivity contribution < 1.29 is 4.74 Å². The largest absolute Gasteiger partial charge is 0.497 e. The van der Waals surface area contributed by atoms with E-state index in [9.17, 15) is 4.79 Å². The summed E-state index contributed by atoms with van der Waals surface area (Å²) in [7, 11) is 1.64. The van der Waals surface area contributed by atoms with Crippen molar-refractivity contribution in [3.05, 3.63) is 40.0 Å². The van der Waals surface area contributed by atoms with E-state index in [1.165, 1.54) is 11.3 Å². The summed E-state index contributed by atoms with van der Waals surface area (Å²) in [5.41, 5.74) is 1.78. The van der Waals surface area contributed by atoms with E-state index < -0.39 is 0 Å². The van der Waals surface area contributed by atoms with Gasteiger partial charge in [-0.05, 0) is 30.8 Å². The summed E-state index contributed by atoms with van der Waals surface area (Å²) >= 11 is 3.10. The highest BCUT2D eigenvalue weighted by Gasteiger charge is 2.14. The molecule has 1 N–H and O–H groups in total. The van der Waals surface area contributed by atoms with Gasteiger partial charge in [0.25, 0.3) is 5.56 Å². The lowest BCUT2D eigenvalue weighted by atomic mass is 10.1. The second-order valence-corrected chi connectivity index (χ2v) is 7.75. The van der Waals surface area contributed by atoms with Gasteiger partial charge in [0, 0.05) is 23.2 Å². The Hall–Kier alpha value is -1.83. The molecule has 26 heavy (non-hydrogen) atoms. The van der Waals surface area contributed by atoms with Gasteiger partial charge in [-0.1, -0.05) is 37.7 Å². The third kappa shape index (κ3) is 4.11. The number of fused-ring (bicyclic) bond motifs is 1. The molecule has 3 rings (SSSR count). The molecule has 138 valence electrons. The molecule has 0 bridgehead atoms. The summed E-state index contributed by atoms with van der Waals surface area (Å²) < 4.78 is 5.29. The van der Waals surface area contributed by atoms with Gasteiger partial charge in [0.1, 0.15) is 10.6 Å². The number of methoxy groups -OCH3 is 1. The van der Waals surface area contributed by atoms with Gasteiger partial charge in [-0.15, -0.1) is 11.3 Å². The minimum Gasteiger partial charge on any atom is -0.497 e. The van der Waals surface area contributed by atoms with Gasteiger partial charge in [-0.2, -0.15) is 0 Å². The maximum absolute atomic E-state index is 12.7. The Bertz CT molecular complexity index is 932. The number of benzene rings is 1. The maximum Gasteiger partial charge on any atom is 0.260 e. The zero-order valence-electron chi connectivity index (χ0n) is 15.2. The van der Waals surface area contributed by atoms with E-state index >= 15 is 0 Å². The number of thiophene rings is 1. The van der Waals surface area contributed by atoms with Gasteiger partial charge in [0.15, 0.2) is 5.16 Å². The predicted molar refractivity (Wildman–Crippen MR) is 111 cm³/mol. The summed E-state index contributed by atoms with van der Waals surface area (Å²) in [5, 5.41) is 3.33. The molecule has 5 nitrogen and oxygen atoms in total. The van der Waals surface area contributed by atoms with Crippen LogP contribution in [0.2, 0.25) is 0 Å². The van der Waals surface area contributed by atoms with E-state index in [0.717, 1.165) is 47.1 Å². The third-order valence-electron chi connectivity index (χ3n) is 4.34. The second kappa shape index (κ2) is 8.70. The van der Waals surface area contributed by atoms with Crippen LogP contribution in [0.1, 0.15) is 13.8 Å². The van der Waals surface area contributed by atoms with Crippen molar-refractivity contribution in [3.63, 3.8) is 0 Å². The lowest BCUT2D eigenvalue weighted by Crippen LogP contribution is -2.25.